The molecule has 5 nitrogen and oxygen atoms in total. The van der Waals surface area contributed by atoms with Gasteiger partial charge in [0.2, 0.25) is 0 Å². The van der Waals surface area contributed by atoms with Gasteiger partial charge < -0.3 is 5.32 Å². The van der Waals surface area contributed by atoms with Crippen LogP contribution in [0.3, 0.4) is 0 Å². The number of benzene rings is 1. The Morgan fingerprint density at radius 3 is 2.70 bits per heavy atom. The fraction of sp³-hybridized carbons (Fsp3) is 0.571. The van der Waals surface area contributed by atoms with Gasteiger partial charge in [0.1, 0.15) is 0 Å². The second-order valence-electron chi connectivity index (χ2n) is 5.49. The third-order valence-electron chi connectivity index (χ3n) is 4.04. The molecule has 2 saturated heterocycles. The summed E-state index contributed by atoms with van der Waals surface area (Å²) in [6.45, 7) is 3.78. The Bertz CT molecular complexity index is 541. The topological polar surface area (TPSA) is 52.7 Å². The van der Waals surface area contributed by atoms with Crippen molar-refractivity contribution in [3.8, 4) is 0 Å². The number of anilines is 1. The Kier molecular flexibility index (Phi) is 3.96. The first-order valence-corrected chi connectivity index (χ1v) is 8.61. The highest BCUT2D eigenvalue weighted by atomic mass is 32.2. The van der Waals surface area contributed by atoms with Crippen molar-refractivity contribution in [2.24, 2.45) is 5.92 Å². The highest BCUT2D eigenvalue weighted by molar-refractivity contribution is 7.90. The van der Waals surface area contributed by atoms with Crippen LogP contribution >= 0.6 is 0 Å². The summed E-state index contributed by atoms with van der Waals surface area (Å²) in [6, 6.07) is 9.38. The molecule has 20 heavy (non-hydrogen) atoms. The number of rotatable bonds is 3. The molecule has 1 aromatic carbocycles. The SMILES string of the molecule is O=S1(=O)N(CC2CCNC2)CCCN1c1ccccc1. The fourth-order valence-electron chi connectivity index (χ4n) is 2.96. The van der Waals surface area contributed by atoms with Crippen molar-refractivity contribution in [3.63, 3.8) is 0 Å². The van der Waals surface area contributed by atoms with Crippen molar-refractivity contribution in [2.45, 2.75) is 12.8 Å². The Labute approximate surface area is 120 Å². The molecular formula is C14H21N3O2S. The third kappa shape index (κ3) is 2.68. The van der Waals surface area contributed by atoms with Crippen LogP contribution in [0.1, 0.15) is 12.8 Å². The predicted octanol–water partition coefficient (Wildman–Crippen LogP) is 1.05. The molecule has 0 bridgehead atoms. The van der Waals surface area contributed by atoms with E-state index in [2.05, 4.69) is 5.32 Å². The molecule has 0 aromatic heterocycles. The molecule has 2 aliphatic heterocycles. The van der Waals surface area contributed by atoms with Crippen LogP contribution < -0.4 is 9.62 Å². The molecule has 3 rings (SSSR count). The average Bonchev–Trinajstić information content (AvgIpc) is 2.95. The van der Waals surface area contributed by atoms with Gasteiger partial charge in [0.05, 0.1) is 5.69 Å². The summed E-state index contributed by atoms with van der Waals surface area (Å²) < 4.78 is 28.7. The zero-order valence-electron chi connectivity index (χ0n) is 11.5. The van der Waals surface area contributed by atoms with Gasteiger partial charge in [-0.15, -0.1) is 0 Å². The number of nitrogens with zero attached hydrogens (tertiary/aromatic N) is 2. The quantitative estimate of drug-likeness (QED) is 0.907. The Hall–Kier alpha value is -1.11. The lowest BCUT2D eigenvalue weighted by molar-refractivity contribution is 0.337. The van der Waals surface area contributed by atoms with Crippen LogP contribution in [-0.2, 0) is 10.2 Å². The van der Waals surface area contributed by atoms with E-state index in [0.29, 0.717) is 25.6 Å². The van der Waals surface area contributed by atoms with Crippen LogP contribution in [0.4, 0.5) is 5.69 Å². The van der Waals surface area contributed by atoms with Crippen LogP contribution in [0, 0.1) is 5.92 Å². The zero-order valence-corrected chi connectivity index (χ0v) is 12.3. The molecule has 0 spiro atoms. The van der Waals surface area contributed by atoms with E-state index in [1.807, 2.05) is 30.3 Å². The van der Waals surface area contributed by atoms with Crippen molar-refractivity contribution in [2.75, 3.05) is 37.0 Å². The van der Waals surface area contributed by atoms with Gasteiger partial charge in [-0.3, -0.25) is 4.31 Å². The summed E-state index contributed by atoms with van der Waals surface area (Å²) in [7, 11) is -3.37. The molecule has 110 valence electrons. The molecule has 1 unspecified atom stereocenters. The third-order valence-corrected chi connectivity index (χ3v) is 5.98. The van der Waals surface area contributed by atoms with Crippen molar-refractivity contribution < 1.29 is 8.42 Å². The molecule has 0 aliphatic carbocycles. The molecule has 1 atom stereocenters. The van der Waals surface area contributed by atoms with E-state index in [9.17, 15) is 8.42 Å². The maximum Gasteiger partial charge on any atom is 0.304 e. The highest BCUT2D eigenvalue weighted by Gasteiger charge is 2.35. The summed E-state index contributed by atoms with van der Waals surface area (Å²) in [5.74, 6) is 0.445. The smallest absolute Gasteiger partial charge is 0.304 e. The van der Waals surface area contributed by atoms with Gasteiger partial charge in [-0.2, -0.15) is 12.7 Å². The van der Waals surface area contributed by atoms with Gasteiger partial charge in [0.25, 0.3) is 0 Å². The molecule has 2 aliphatic rings. The van der Waals surface area contributed by atoms with Gasteiger partial charge in [-0.25, -0.2) is 0 Å². The van der Waals surface area contributed by atoms with Crippen molar-refractivity contribution in [3.05, 3.63) is 30.3 Å². The van der Waals surface area contributed by atoms with E-state index < -0.39 is 10.2 Å². The number of nitrogens with one attached hydrogen (secondary N) is 1. The van der Waals surface area contributed by atoms with Gasteiger partial charge in [-0.05, 0) is 44.0 Å². The molecule has 6 heteroatoms. The summed E-state index contributed by atoms with van der Waals surface area (Å²) in [5, 5.41) is 3.30. The summed E-state index contributed by atoms with van der Waals surface area (Å²) in [6.07, 6.45) is 1.95. The summed E-state index contributed by atoms with van der Waals surface area (Å²) >= 11 is 0. The van der Waals surface area contributed by atoms with Crippen LogP contribution in [0.2, 0.25) is 0 Å². The van der Waals surface area contributed by atoms with E-state index in [-0.39, 0.29) is 0 Å². The van der Waals surface area contributed by atoms with E-state index >= 15 is 0 Å². The largest absolute Gasteiger partial charge is 0.316 e. The van der Waals surface area contributed by atoms with E-state index in [0.717, 1.165) is 31.6 Å². The van der Waals surface area contributed by atoms with Crippen LogP contribution in [0.25, 0.3) is 0 Å². The first-order chi connectivity index (χ1) is 9.68. The van der Waals surface area contributed by atoms with Gasteiger partial charge in [0, 0.05) is 19.6 Å². The minimum absolute atomic E-state index is 0.445. The molecule has 0 saturated carbocycles. The lowest BCUT2D eigenvalue weighted by Gasteiger charge is -2.36. The van der Waals surface area contributed by atoms with E-state index in [1.165, 1.54) is 0 Å². The lowest BCUT2D eigenvalue weighted by Crippen LogP contribution is -2.51. The highest BCUT2D eigenvalue weighted by Crippen LogP contribution is 2.25. The van der Waals surface area contributed by atoms with Crippen LogP contribution in [-0.4, -0.2) is 45.4 Å². The summed E-state index contributed by atoms with van der Waals surface area (Å²) in [4.78, 5) is 0. The van der Waals surface area contributed by atoms with Crippen molar-refractivity contribution in [1.82, 2.24) is 9.62 Å². The molecule has 2 heterocycles. The molecule has 0 amide bonds. The second-order valence-corrected chi connectivity index (χ2v) is 7.34. The zero-order chi connectivity index (χ0) is 14.0. The normalized spacial score (nSPS) is 26.8. The first-order valence-electron chi connectivity index (χ1n) is 7.21. The molecule has 2 fully saturated rings. The average molecular weight is 295 g/mol. The monoisotopic (exact) mass is 295 g/mol. The van der Waals surface area contributed by atoms with Gasteiger partial charge >= 0.3 is 10.2 Å². The van der Waals surface area contributed by atoms with Crippen molar-refractivity contribution >= 4 is 15.9 Å². The number of para-hydroxylation sites is 1. The second kappa shape index (κ2) is 5.71. The molecule has 0 radical (unpaired) electrons. The lowest BCUT2D eigenvalue weighted by atomic mass is 10.1. The fourth-order valence-corrected chi connectivity index (χ4v) is 4.75. The molecular weight excluding hydrogens is 274 g/mol. The first kappa shape index (κ1) is 13.9. The van der Waals surface area contributed by atoms with Crippen LogP contribution in [0.5, 0.6) is 0 Å². The summed E-state index contributed by atoms with van der Waals surface area (Å²) in [5.41, 5.74) is 0.766. The van der Waals surface area contributed by atoms with Gasteiger partial charge in [0.15, 0.2) is 0 Å². The van der Waals surface area contributed by atoms with E-state index in [4.69, 9.17) is 0 Å². The Balaban J connectivity index is 1.79. The minimum Gasteiger partial charge on any atom is -0.316 e. The van der Waals surface area contributed by atoms with Gasteiger partial charge in [-0.1, -0.05) is 18.2 Å². The predicted molar refractivity (Wildman–Crippen MR) is 79.9 cm³/mol. The Morgan fingerprint density at radius 2 is 2.00 bits per heavy atom. The molecule has 1 N–H and O–H groups in total. The van der Waals surface area contributed by atoms with E-state index in [1.54, 1.807) is 8.61 Å². The standard InChI is InChI=1S/C14H21N3O2S/c18-20(19)16(12-13-7-8-15-11-13)9-4-10-17(20)14-5-2-1-3-6-14/h1-3,5-6,13,15H,4,7-12H2. The van der Waals surface area contributed by atoms with Crippen LogP contribution in [0.15, 0.2) is 30.3 Å². The molecule has 1 aromatic rings. The Morgan fingerprint density at radius 1 is 1.20 bits per heavy atom. The number of hydrogen-bond acceptors (Lipinski definition) is 3. The van der Waals surface area contributed by atoms with Crippen molar-refractivity contribution in [1.29, 1.82) is 0 Å². The maximum atomic E-state index is 12.7. The number of hydrogen-bond donors (Lipinski definition) is 1. The minimum atomic E-state index is -3.37. The maximum absolute atomic E-state index is 12.7.